The van der Waals surface area contributed by atoms with Gasteiger partial charge in [-0.2, -0.15) is 0 Å². The van der Waals surface area contributed by atoms with Crippen LogP contribution in [-0.2, 0) is 11.2 Å². The van der Waals surface area contributed by atoms with Crippen molar-refractivity contribution in [2.24, 2.45) is 0 Å². The van der Waals surface area contributed by atoms with E-state index < -0.39 is 6.03 Å². The van der Waals surface area contributed by atoms with Gasteiger partial charge in [-0.25, -0.2) is 4.79 Å². The average Bonchev–Trinajstić information content (AvgIpc) is 2.68. The van der Waals surface area contributed by atoms with Crippen LogP contribution in [0.3, 0.4) is 0 Å². The molecule has 1 aromatic carbocycles. The summed E-state index contributed by atoms with van der Waals surface area (Å²) < 4.78 is 0. The first-order valence-corrected chi connectivity index (χ1v) is 6.20. The summed E-state index contributed by atoms with van der Waals surface area (Å²) in [7, 11) is 0. The second-order valence-electron chi connectivity index (χ2n) is 4.29. The number of benzene rings is 1. The van der Waals surface area contributed by atoms with E-state index in [1.54, 1.807) is 6.08 Å². The highest BCUT2D eigenvalue weighted by molar-refractivity contribution is 6.14. The highest BCUT2D eigenvalue weighted by Crippen LogP contribution is 2.14. The van der Waals surface area contributed by atoms with Gasteiger partial charge in [0.15, 0.2) is 0 Å². The molecule has 0 aromatic heterocycles. The number of nitrogens with zero attached hydrogens (tertiary/aromatic N) is 1. The van der Waals surface area contributed by atoms with Gasteiger partial charge in [0.1, 0.15) is 5.70 Å². The van der Waals surface area contributed by atoms with Gasteiger partial charge in [-0.05, 0) is 23.6 Å². The number of urea groups is 1. The van der Waals surface area contributed by atoms with Crippen LogP contribution in [0.4, 0.5) is 4.79 Å². The largest absolute Gasteiger partial charge is 0.329 e. The smallest absolute Gasteiger partial charge is 0.303 e. The van der Waals surface area contributed by atoms with Gasteiger partial charge in [0.05, 0.1) is 0 Å². The van der Waals surface area contributed by atoms with Gasteiger partial charge in [0.25, 0.3) is 5.91 Å². The van der Waals surface area contributed by atoms with Crippen LogP contribution in [0.25, 0.3) is 6.08 Å². The molecule has 0 atom stereocenters. The lowest BCUT2D eigenvalue weighted by molar-refractivity contribution is -0.122. The number of aryl methyl sites for hydroxylation is 1. The number of rotatable bonds is 4. The SMILES string of the molecule is C=CCN1C(=O)N/C(=C/c2ccc(CC)cc2)C1=O. The number of amides is 3. The van der Waals surface area contributed by atoms with E-state index in [1.165, 1.54) is 11.6 Å². The van der Waals surface area contributed by atoms with E-state index >= 15 is 0 Å². The Kier molecular flexibility index (Phi) is 3.80. The van der Waals surface area contributed by atoms with Crippen LogP contribution >= 0.6 is 0 Å². The molecular formula is C15H16N2O2. The topological polar surface area (TPSA) is 49.4 Å². The lowest BCUT2D eigenvalue weighted by Crippen LogP contribution is -2.30. The molecule has 1 fully saturated rings. The molecule has 0 aliphatic carbocycles. The Hall–Kier alpha value is -2.36. The molecule has 4 nitrogen and oxygen atoms in total. The molecule has 0 spiro atoms. The standard InChI is InChI=1S/C15H16N2O2/c1-3-9-17-14(18)13(16-15(17)19)10-12-7-5-11(4-2)6-8-12/h3,5-8,10H,1,4,9H2,2H3,(H,16,19)/b13-10+. The second-order valence-corrected chi connectivity index (χ2v) is 4.29. The number of carbonyl (C=O) groups is 2. The Morgan fingerprint density at radius 3 is 2.53 bits per heavy atom. The minimum Gasteiger partial charge on any atom is -0.303 e. The third-order valence-corrected chi connectivity index (χ3v) is 2.97. The zero-order chi connectivity index (χ0) is 13.8. The third kappa shape index (κ3) is 2.73. The Labute approximate surface area is 112 Å². The monoisotopic (exact) mass is 256 g/mol. The number of hydrogen-bond donors (Lipinski definition) is 1. The molecule has 0 radical (unpaired) electrons. The lowest BCUT2D eigenvalue weighted by atomic mass is 10.1. The van der Waals surface area contributed by atoms with Crippen molar-refractivity contribution in [1.29, 1.82) is 0 Å². The van der Waals surface area contributed by atoms with Crippen molar-refractivity contribution in [1.82, 2.24) is 10.2 Å². The molecule has 1 saturated heterocycles. The molecule has 1 N–H and O–H groups in total. The number of hydrogen-bond acceptors (Lipinski definition) is 2. The van der Waals surface area contributed by atoms with Gasteiger partial charge in [0.2, 0.25) is 0 Å². The predicted octanol–water partition coefficient (Wildman–Crippen LogP) is 2.33. The molecule has 1 aliphatic rings. The van der Waals surface area contributed by atoms with Crippen molar-refractivity contribution < 1.29 is 9.59 Å². The van der Waals surface area contributed by atoms with Gasteiger partial charge in [-0.3, -0.25) is 9.69 Å². The molecule has 98 valence electrons. The summed E-state index contributed by atoms with van der Waals surface area (Å²) in [6, 6.07) is 7.48. The fraction of sp³-hybridized carbons (Fsp3) is 0.200. The highest BCUT2D eigenvalue weighted by atomic mass is 16.2. The normalized spacial score (nSPS) is 16.9. The van der Waals surface area contributed by atoms with Gasteiger partial charge >= 0.3 is 6.03 Å². The molecule has 3 amide bonds. The van der Waals surface area contributed by atoms with Crippen LogP contribution in [0.1, 0.15) is 18.1 Å². The molecule has 1 heterocycles. The van der Waals surface area contributed by atoms with Crippen molar-refractivity contribution >= 4 is 18.0 Å². The van der Waals surface area contributed by atoms with E-state index in [0.29, 0.717) is 5.70 Å². The summed E-state index contributed by atoms with van der Waals surface area (Å²) in [5.74, 6) is -0.315. The summed E-state index contributed by atoms with van der Waals surface area (Å²) in [4.78, 5) is 24.7. The van der Waals surface area contributed by atoms with Crippen LogP contribution in [-0.4, -0.2) is 23.4 Å². The molecule has 4 heteroatoms. The molecule has 0 unspecified atom stereocenters. The molecule has 0 bridgehead atoms. The van der Waals surface area contributed by atoms with Crippen LogP contribution in [0.5, 0.6) is 0 Å². The first kappa shape index (κ1) is 13.1. The fourth-order valence-corrected chi connectivity index (χ4v) is 1.88. The van der Waals surface area contributed by atoms with Crippen molar-refractivity contribution in [3.63, 3.8) is 0 Å². The maximum atomic E-state index is 12.0. The molecule has 1 aromatic rings. The summed E-state index contributed by atoms with van der Waals surface area (Å²) in [6.45, 7) is 5.83. The molecule has 19 heavy (non-hydrogen) atoms. The first-order chi connectivity index (χ1) is 9.15. The van der Waals surface area contributed by atoms with Crippen LogP contribution in [0, 0.1) is 0 Å². The van der Waals surface area contributed by atoms with Crippen molar-refractivity contribution in [3.05, 3.63) is 53.7 Å². The molecule has 1 aliphatic heterocycles. The summed E-state index contributed by atoms with van der Waals surface area (Å²) >= 11 is 0. The maximum Gasteiger partial charge on any atom is 0.329 e. The van der Waals surface area contributed by atoms with E-state index in [-0.39, 0.29) is 12.5 Å². The van der Waals surface area contributed by atoms with E-state index in [2.05, 4.69) is 18.8 Å². The van der Waals surface area contributed by atoms with Crippen molar-refractivity contribution in [3.8, 4) is 0 Å². The fourth-order valence-electron chi connectivity index (χ4n) is 1.88. The van der Waals surface area contributed by atoms with E-state index in [1.807, 2.05) is 24.3 Å². The van der Waals surface area contributed by atoms with Crippen LogP contribution < -0.4 is 5.32 Å². The summed E-state index contributed by atoms with van der Waals surface area (Å²) in [5.41, 5.74) is 2.43. The van der Waals surface area contributed by atoms with Crippen LogP contribution in [0.15, 0.2) is 42.6 Å². The first-order valence-electron chi connectivity index (χ1n) is 6.20. The van der Waals surface area contributed by atoms with Gasteiger partial charge in [-0.1, -0.05) is 37.3 Å². The van der Waals surface area contributed by atoms with E-state index in [0.717, 1.165) is 16.9 Å². The lowest BCUT2D eigenvalue weighted by Gasteiger charge is -2.06. The average molecular weight is 256 g/mol. The maximum absolute atomic E-state index is 12.0. The van der Waals surface area contributed by atoms with Gasteiger partial charge in [0, 0.05) is 6.54 Å². The zero-order valence-electron chi connectivity index (χ0n) is 10.8. The van der Waals surface area contributed by atoms with Crippen molar-refractivity contribution in [2.45, 2.75) is 13.3 Å². The van der Waals surface area contributed by atoms with Crippen molar-refractivity contribution in [2.75, 3.05) is 6.54 Å². The Balaban J connectivity index is 2.21. The zero-order valence-corrected chi connectivity index (χ0v) is 10.8. The van der Waals surface area contributed by atoms with E-state index in [4.69, 9.17) is 0 Å². The third-order valence-electron chi connectivity index (χ3n) is 2.97. The number of nitrogens with one attached hydrogen (secondary N) is 1. The number of imide groups is 1. The summed E-state index contributed by atoms with van der Waals surface area (Å²) in [5, 5.41) is 2.57. The van der Waals surface area contributed by atoms with E-state index in [9.17, 15) is 9.59 Å². The Morgan fingerprint density at radius 1 is 1.26 bits per heavy atom. The molecular weight excluding hydrogens is 240 g/mol. The summed E-state index contributed by atoms with van der Waals surface area (Å²) in [6.07, 6.45) is 4.18. The molecule has 2 rings (SSSR count). The van der Waals surface area contributed by atoms with Gasteiger partial charge in [-0.15, -0.1) is 6.58 Å². The highest BCUT2D eigenvalue weighted by Gasteiger charge is 2.32. The molecule has 0 saturated carbocycles. The van der Waals surface area contributed by atoms with Gasteiger partial charge < -0.3 is 5.32 Å². The number of carbonyl (C=O) groups excluding carboxylic acids is 2. The van der Waals surface area contributed by atoms with Crippen LogP contribution in [0.2, 0.25) is 0 Å². The predicted molar refractivity (Wildman–Crippen MR) is 74.2 cm³/mol. The second kappa shape index (κ2) is 5.52. The Bertz CT molecular complexity index is 544. The quantitative estimate of drug-likeness (QED) is 0.510. The minimum absolute atomic E-state index is 0.219. The minimum atomic E-state index is -0.402. The Morgan fingerprint density at radius 2 is 1.95 bits per heavy atom.